The molecule has 4 heteroatoms. The van der Waals surface area contributed by atoms with Gasteiger partial charge in [0, 0.05) is 0 Å². The van der Waals surface area contributed by atoms with Crippen LogP contribution in [0, 0.1) is 12.3 Å². The van der Waals surface area contributed by atoms with Crippen LogP contribution in [-0.4, -0.2) is 0 Å². The van der Waals surface area contributed by atoms with E-state index in [9.17, 15) is 0 Å². The molecule has 1 rings (SSSR count). The molecule has 9 heavy (non-hydrogen) atoms. The summed E-state index contributed by atoms with van der Waals surface area (Å²) in [6.07, 6.45) is 0. The van der Waals surface area contributed by atoms with E-state index in [0.717, 1.165) is 3.79 Å². The molecule has 0 aliphatic rings. The first-order chi connectivity index (χ1) is 4.29. The minimum absolute atomic E-state index is 1.16. The van der Waals surface area contributed by atoms with Gasteiger partial charge < -0.3 is 0 Å². The number of halogens is 2. The molecule has 0 aromatic carbocycles. The summed E-state index contributed by atoms with van der Waals surface area (Å²) in [6, 6.07) is 2.05. The Morgan fingerprint density at radius 3 is 2.33 bits per heavy atom. The first-order valence-corrected chi connectivity index (χ1v) is 10.8. The third-order valence-corrected chi connectivity index (χ3v) is 2.09. The van der Waals surface area contributed by atoms with Crippen molar-refractivity contribution in [1.29, 1.82) is 0 Å². The van der Waals surface area contributed by atoms with Crippen molar-refractivity contribution in [3.8, 4) is 0 Å². The molecule has 0 amide bonds. The predicted octanol–water partition coefficient (Wildman–Crippen LogP) is 3.46. The summed E-state index contributed by atoms with van der Waals surface area (Å²) in [5.74, 6) is 0. The summed E-state index contributed by atoms with van der Waals surface area (Å²) in [5.41, 5.74) is 1.21. The normalized spacial score (nSPS) is 8.11. The van der Waals surface area contributed by atoms with E-state index < -0.39 is 0 Å². The average Bonchev–Trinajstić information content (AvgIpc) is 2.20. The summed E-state index contributed by atoms with van der Waals surface area (Å²) in [6.45, 7) is 2.03. The molecule has 0 aliphatic carbocycles. The van der Waals surface area contributed by atoms with Gasteiger partial charge in [-0.25, -0.2) is 0 Å². The van der Waals surface area contributed by atoms with E-state index in [4.69, 9.17) is 0 Å². The molecule has 0 spiro atoms. The first kappa shape index (κ1) is 10.3. The number of hydrogen-bond acceptors (Lipinski definition) is 1. The fourth-order valence-electron chi connectivity index (χ4n) is 0.358. The van der Waals surface area contributed by atoms with E-state index in [0.29, 0.717) is 0 Å². The van der Waals surface area contributed by atoms with Crippen LogP contribution >= 0.6 is 40.9 Å². The van der Waals surface area contributed by atoms with Gasteiger partial charge in [0.2, 0.25) is 0 Å². The van der Waals surface area contributed by atoms with Crippen molar-refractivity contribution in [3.63, 3.8) is 0 Å². The molecule has 0 fully saturated rings. The van der Waals surface area contributed by atoms with Crippen LogP contribution in [0.5, 0.6) is 0 Å². The molecular formula is C5H4Br2SZn. The molecule has 0 aliphatic heterocycles. The van der Waals surface area contributed by atoms with Crippen LogP contribution in [0.25, 0.3) is 0 Å². The number of rotatable bonds is 0. The van der Waals surface area contributed by atoms with Crippen molar-refractivity contribution in [3.05, 3.63) is 20.8 Å². The monoisotopic (exact) mass is 318 g/mol. The minimum atomic E-state index is 1.16. The summed E-state index contributed by atoms with van der Waals surface area (Å²) in [4.78, 5) is 0. The predicted molar refractivity (Wildman–Crippen MR) is 44.5 cm³/mol. The first-order valence-electron chi connectivity index (χ1n) is 2.19. The molecule has 0 N–H and O–H groups in total. The van der Waals surface area contributed by atoms with Gasteiger partial charge in [-0.3, -0.25) is 11.3 Å². The van der Waals surface area contributed by atoms with E-state index in [-0.39, 0.29) is 0 Å². The van der Waals surface area contributed by atoms with Crippen molar-refractivity contribution in [2.75, 3.05) is 0 Å². The summed E-state index contributed by atoms with van der Waals surface area (Å²) < 4.78 is 1.16. The third-order valence-electron chi connectivity index (χ3n) is 0.640. The Balaban J connectivity index is 0.000000291. The second-order valence-corrected chi connectivity index (χ2v) is 3.56. The molecule has 0 radical (unpaired) electrons. The molecule has 1 heterocycles. The quantitative estimate of drug-likeness (QED) is 0.507. The molecule has 0 bridgehead atoms. The van der Waals surface area contributed by atoms with Crippen LogP contribution in [-0.2, 0) is 16.3 Å². The van der Waals surface area contributed by atoms with Crippen molar-refractivity contribution < 1.29 is 16.3 Å². The van der Waals surface area contributed by atoms with Gasteiger partial charge >= 0.3 is 30.0 Å². The van der Waals surface area contributed by atoms with Crippen LogP contribution in [0.2, 0.25) is 0 Å². The van der Waals surface area contributed by atoms with E-state index in [1.165, 1.54) is 21.9 Å². The zero-order chi connectivity index (χ0) is 7.28. The number of hydrogen-bond donors (Lipinski definition) is 0. The van der Waals surface area contributed by atoms with Crippen LogP contribution in [0.15, 0.2) is 9.85 Å². The summed E-state index contributed by atoms with van der Waals surface area (Å²) in [7, 11) is 0. The van der Waals surface area contributed by atoms with E-state index in [1.807, 2.05) is 13.0 Å². The zero-order valence-electron chi connectivity index (χ0n) is 4.95. The van der Waals surface area contributed by atoms with Gasteiger partial charge in [0.25, 0.3) is 0 Å². The Bertz CT molecular complexity index is 147. The van der Waals surface area contributed by atoms with Crippen LogP contribution < -0.4 is 0 Å². The van der Waals surface area contributed by atoms with E-state index in [1.54, 1.807) is 11.3 Å². The maximum absolute atomic E-state index is 3.32. The Labute approximate surface area is 84.2 Å². The molecule has 46 valence electrons. The van der Waals surface area contributed by atoms with Crippen molar-refractivity contribution in [1.82, 2.24) is 0 Å². The van der Waals surface area contributed by atoms with Gasteiger partial charge in [0.15, 0.2) is 0 Å². The molecular weight excluding hydrogens is 317 g/mol. The number of aryl methyl sites for hydroxylation is 1. The third kappa shape index (κ3) is 4.66. The standard InChI is InChI=1S/C5H4BrS.BrH.Zn/c1-4-2-5(6)7-3-4;;/h2H,1H3;1H;/q-1;;+2/p-1. The topological polar surface area (TPSA) is 0 Å². The molecule has 0 unspecified atom stereocenters. The summed E-state index contributed by atoms with van der Waals surface area (Å²) in [5, 5.41) is 3.06. The van der Waals surface area contributed by atoms with Crippen molar-refractivity contribution in [2.24, 2.45) is 0 Å². The molecule has 0 atom stereocenters. The van der Waals surface area contributed by atoms with Gasteiger partial charge in [-0.2, -0.15) is 11.6 Å². The van der Waals surface area contributed by atoms with Gasteiger partial charge in [0.05, 0.1) is 0 Å². The number of thiophene rings is 1. The van der Waals surface area contributed by atoms with Crippen LogP contribution in [0.1, 0.15) is 5.56 Å². The Morgan fingerprint density at radius 2 is 2.22 bits per heavy atom. The Kier molecular flexibility index (Phi) is 6.88. The average molecular weight is 321 g/mol. The Morgan fingerprint density at radius 1 is 1.67 bits per heavy atom. The van der Waals surface area contributed by atoms with Crippen molar-refractivity contribution in [2.45, 2.75) is 6.92 Å². The fourth-order valence-corrected chi connectivity index (χ4v) is 1.50. The fraction of sp³-hybridized carbons (Fsp3) is 0.200. The van der Waals surface area contributed by atoms with E-state index in [2.05, 4.69) is 34.9 Å². The van der Waals surface area contributed by atoms with Crippen LogP contribution in [0.3, 0.4) is 0 Å². The SMILES string of the molecule is Cc1[c-]sc(Br)c1.[Zn+][Br]. The second kappa shape index (κ2) is 6.02. The molecule has 0 nitrogen and oxygen atoms in total. The summed E-state index contributed by atoms with van der Waals surface area (Å²) >= 11 is 9.17. The van der Waals surface area contributed by atoms with Gasteiger partial charge in [-0.05, 0) is 0 Å². The van der Waals surface area contributed by atoms with E-state index >= 15 is 0 Å². The van der Waals surface area contributed by atoms with Crippen LogP contribution in [0.4, 0.5) is 0 Å². The second-order valence-electron chi connectivity index (χ2n) is 1.34. The Hall–Kier alpha value is 1.28. The molecule has 0 saturated heterocycles. The van der Waals surface area contributed by atoms with Gasteiger partial charge in [0.1, 0.15) is 0 Å². The molecule has 1 aromatic rings. The van der Waals surface area contributed by atoms with Crippen molar-refractivity contribution >= 4 is 40.9 Å². The zero-order valence-corrected chi connectivity index (χ0v) is 11.9. The van der Waals surface area contributed by atoms with Gasteiger partial charge in [-0.1, -0.05) is 10.7 Å². The molecule has 1 aromatic heterocycles. The maximum atomic E-state index is 3.32. The van der Waals surface area contributed by atoms with Gasteiger partial charge in [-0.15, -0.1) is 21.3 Å². The molecule has 0 saturated carbocycles.